The molecule has 0 aromatic heterocycles. The highest BCUT2D eigenvalue weighted by atomic mass is 16.5. The maximum absolute atomic E-state index is 6.15. The normalized spacial score (nSPS) is 16.8. The summed E-state index contributed by atoms with van der Waals surface area (Å²) in [6.07, 6.45) is 4.22. The van der Waals surface area contributed by atoms with Crippen molar-refractivity contribution in [3.8, 4) is 0 Å². The topological polar surface area (TPSA) is 21.3 Å². The Kier molecular flexibility index (Phi) is 5.41. The van der Waals surface area contributed by atoms with Crippen LogP contribution in [-0.2, 0) is 4.74 Å². The Balaban J connectivity index is 1.93. The molecule has 0 aliphatic heterocycles. The predicted octanol–water partition coefficient (Wildman–Crippen LogP) is 3.85. The van der Waals surface area contributed by atoms with Crippen molar-refractivity contribution in [3.63, 3.8) is 0 Å². The third-order valence-corrected chi connectivity index (χ3v) is 3.79. The van der Waals surface area contributed by atoms with Crippen molar-refractivity contribution in [2.24, 2.45) is 5.92 Å². The van der Waals surface area contributed by atoms with Gasteiger partial charge in [-0.15, -0.1) is 0 Å². The molecule has 0 bridgehead atoms. The van der Waals surface area contributed by atoms with Gasteiger partial charge in [0, 0.05) is 19.2 Å². The van der Waals surface area contributed by atoms with Crippen LogP contribution in [0.3, 0.4) is 0 Å². The van der Waals surface area contributed by atoms with Gasteiger partial charge in [-0.1, -0.05) is 51.0 Å². The number of nitrogens with one attached hydrogen (secondary N) is 1. The highest BCUT2D eigenvalue weighted by Crippen LogP contribution is 2.33. The number of benzene rings is 1. The van der Waals surface area contributed by atoms with Gasteiger partial charge in [0.25, 0.3) is 0 Å². The van der Waals surface area contributed by atoms with Gasteiger partial charge in [-0.3, -0.25) is 0 Å². The Morgan fingerprint density at radius 3 is 2.63 bits per heavy atom. The van der Waals surface area contributed by atoms with Gasteiger partial charge in [0.05, 0.1) is 6.10 Å². The maximum atomic E-state index is 6.15. The van der Waals surface area contributed by atoms with Crippen molar-refractivity contribution >= 4 is 0 Å². The molecular weight excluding hydrogens is 234 g/mol. The predicted molar refractivity (Wildman–Crippen MR) is 80.4 cm³/mol. The van der Waals surface area contributed by atoms with Crippen LogP contribution in [0.5, 0.6) is 0 Å². The molecule has 2 rings (SSSR count). The zero-order valence-corrected chi connectivity index (χ0v) is 12.5. The first kappa shape index (κ1) is 14.5. The lowest BCUT2D eigenvalue weighted by atomic mass is 10.0. The largest absolute Gasteiger partial charge is 0.372 e. The molecule has 2 nitrogen and oxygen atoms in total. The number of ether oxygens (including phenoxy) is 1. The molecule has 106 valence electrons. The van der Waals surface area contributed by atoms with E-state index in [1.54, 1.807) is 0 Å². The van der Waals surface area contributed by atoms with E-state index in [0.29, 0.717) is 6.04 Å². The molecule has 1 aromatic rings. The fourth-order valence-electron chi connectivity index (χ4n) is 2.33. The van der Waals surface area contributed by atoms with Crippen LogP contribution in [0.2, 0.25) is 0 Å². The van der Waals surface area contributed by atoms with Crippen LogP contribution in [0.15, 0.2) is 24.3 Å². The summed E-state index contributed by atoms with van der Waals surface area (Å²) in [5.41, 5.74) is 2.65. The van der Waals surface area contributed by atoms with E-state index in [1.807, 2.05) is 0 Å². The molecule has 0 spiro atoms. The summed E-state index contributed by atoms with van der Waals surface area (Å²) in [5, 5.41) is 3.50. The minimum absolute atomic E-state index is 0.183. The minimum Gasteiger partial charge on any atom is -0.372 e. The van der Waals surface area contributed by atoms with Crippen molar-refractivity contribution in [1.29, 1.82) is 0 Å². The van der Waals surface area contributed by atoms with Crippen LogP contribution in [0.4, 0.5) is 0 Å². The van der Waals surface area contributed by atoms with Gasteiger partial charge in [-0.05, 0) is 30.4 Å². The lowest BCUT2D eigenvalue weighted by Crippen LogP contribution is -2.29. The lowest BCUT2D eigenvalue weighted by Gasteiger charge is -2.22. The lowest BCUT2D eigenvalue weighted by molar-refractivity contribution is 0.0469. The summed E-state index contributed by atoms with van der Waals surface area (Å²) >= 11 is 0. The fraction of sp³-hybridized carbons (Fsp3) is 0.647. The summed E-state index contributed by atoms with van der Waals surface area (Å²) in [6, 6.07) is 9.06. The standard InChI is InChI=1S/C17H27NO/c1-13(2)18-12-17(19-11-10-15-8-9-15)16-7-5-4-6-14(16)3/h4-7,13,15,17-18H,8-12H2,1-3H3. The van der Waals surface area contributed by atoms with Gasteiger partial charge in [0.1, 0.15) is 0 Å². The Morgan fingerprint density at radius 1 is 1.26 bits per heavy atom. The van der Waals surface area contributed by atoms with Crippen LogP contribution in [0, 0.1) is 12.8 Å². The molecule has 0 amide bonds. The Morgan fingerprint density at radius 2 is 2.00 bits per heavy atom. The van der Waals surface area contributed by atoms with Crippen LogP contribution in [-0.4, -0.2) is 19.2 Å². The monoisotopic (exact) mass is 261 g/mol. The van der Waals surface area contributed by atoms with E-state index in [1.165, 1.54) is 30.4 Å². The van der Waals surface area contributed by atoms with Crippen molar-refractivity contribution in [2.75, 3.05) is 13.2 Å². The SMILES string of the molecule is Cc1ccccc1C(CNC(C)C)OCCC1CC1. The van der Waals surface area contributed by atoms with Crippen molar-refractivity contribution in [2.45, 2.75) is 52.2 Å². The molecule has 1 N–H and O–H groups in total. The first-order valence-electron chi connectivity index (χ1n) is 7.57. The smallest absolute Gasteiger partial charge is 0.0951 e. The second-order valence-corrected chi connectivity index (χ2v) is 6.01. The molecule has 19 heavy (non-hydrogen) atoms. The first-order chi connectivity index (χ1) is 9.16. The van der Waals surface area contributed by atoms with Gasteiger partial charge >= 0.3 is 0 Å². The summed E-state index contributed by atoms with van der Waals surface area (Å²) in [6.45, 7) is 8.32. The average Bonchev–Trinajstić information content (AvgIpc) is 3.18. The van der Waals surface area contributed by atoms with E-state index in [0.717, 1.165) is 19.1 Å². The molecule has 0 saturated heterocycles. The molecule has 1 atom stereocenters. The first-order valence-corrected chi connectivity index (χ1v) is 7.57. The molecule has 1 aliphatic rings. The summed E-state index contributed by atoms with van der Waals surface area (Å²) in [7, 11) is 0. The zero-order chi connectivity index (χ0) is 13.7. The van der Waals surface area contributed by atoms with E-state index in [-0.39, 0.29) is 6.10 Å². The third kappa shape index (κ3) is 4.96. The highest BCUT2D eigenvalue weighted by molar-refractivity contribution is 5.28. The summed E-state index contributed by atoms with van der Waals surface area (Å²) < 4.78 is 6.15. The molecule has 1 aliphatic carbocycles. The zero-order valence-electron chi connectivity index (χ0n) is 12.5. The van der Waals surface area contributed by atoms with Gasteiger partial charge in [-0.25, -0.2) is 0 Å². The van der Waals surface area contributed by atoms with Crippen LogP contribution in [0.1, 0.15) is 50.3 Å². The number of rotatable bonds is 8. The molecule has 2 heteroatoms. The quantitative estimate of drug-likeness (QED) is 0.767. The van der Waals surface area contributed by atoms with E-state index in [9.17, 15) is 0 Å². The van der Waals surface area contributed by atoms with Gasteiger partial charge < -0.3 is 10.1 Å². The van der Waals surface area contributed by atoms with Crippen molar-refractivity contribution in [3.05, 3.63) is 35.4 Å². The Hall–Kier alpha value is -0.860. The Bertz CT molecular complexity index is 385. The minimum atomic E-state index is 0.183. The molecule has 1 fully saturated rings. The van der Waals surface area contributed by atoms with E-state index in [2.05, 4.69) is 50.4 Å². The molecule has 0 heterocycles. The third-order valence-electron chi connectivity index (χ3n) is 3.79. The van der Waals surface area contributed by atoms with Crippen LogP contribution in [0.25, 0.3) is 0 Å². The second kappa shape index (κ2) is 7.06. The number of aryl methyl sites for hydroxylation is 1. The van der Waals surface area contributed by atoms with E-state index in [4.69, 9.17) is 4.74 Å². The van der Waals surface area contributed by atoms with Gasteiger partial charge in [0.15, 0.2) is 0 Å². The summed E-state index contributed by atoms with van der Waals surface area (Å²) in [5.74, 6) is 0.940. The van der Waals surface area contributed by atoms with Crippen LogP contribution >= 0.6 is 0 Å². The second-order valence-electron chi connectivity index (χ2n) is 6.01. The molecular formula is C17H27NO. The molecule has 1 saturated carbocycles. The molecule has 1 unspecified atom stereocenters. The average molecular weight is 261 g/mol. The van der Waals surface area contributed by atoms with Crippen molar-refractivity contribution in [1.82, 2.24) is 5.32 Å². The van der Waals surface area contributed by atoms with Crippen molar-refractivity contribution < 1.29 is 4.74 Å². The molecule has 1 aromatic carbocycles. The Labute approximate surface area is 117 Å². The fourth-order valence-corrected chi connectivity index (χ4v) is 2.33. The number of hydrogen-bond acceptors (Lipinski definition) is 2. The van der Waals surface area contributed by atoms with Gasteiger partial charge in [-0.2, -0.15) is 0 Å². The molecule has 0 radical (unpaired) electrons. The van der Waals surface area contributed by atoms with Gasteiger partial charge in [0.2, 0.25) is 0 Å². The van der Waals surface area contributed by atoms with E-state index >= 15 is 0 Å². The van der Waals surface area contributed by atoms with E-state index < -0.39 is 0 Å². The maximum Gasteiger partial charge on any atom is 0.0951 e. The van der Waals surface area contributed by atoms with Crippen LogP contribution < -0.4 is 5.32 Å². The number of hydrogen-bond donors (Lipinski definition) is 1. The highest BCUT2D eigenvalue weighted by Gasteiger charge is 2.22. The summed E-state index contributed by atoms with van der Waals surface area (Å²) in [4.78, 5) is 0.